The number of aromatic nitrogens is 4. The quantitative estimate of drug-likeness (QED) is 0.227. The normalized spacial score (nSPS) is 21.4. The molecule has 1 fully saturated rings. The minimum Gasteiger partial charge on any atom is -0.494 e. The summed E-state index contributed by atoms with van der Waals surface area (Å²) in [6.07, 6.45) is -2.29. The lowest BCUT2D eigenvalue weighted by molar-refractivity contribution is -0.0501. The number of aliphatic hydroxyl groups is 3. The highest BCUT2D eigenvalue weighted by molar-refractivity contribution is 5.84. The Morgan fingerprint density at radius 2 is 1.89 bits per heavy atom. The summed E-state index contributed by atoms with van der Waals surface area (Å²) in [6, 6.07) is 16.1. The molecule has 1 aliphatic heterocycles. The standard InChI is InChI=1S/C26H30N6O5/c1-2-10-36-18-5-3-4-17(11-18)16-8-6-15(7-9-16)12-28-26-31-20-23(27)29-14-30-24(20)32(26)25-22(35)21(34)19(13-33)37-25/h3-9,11,14,19,21-22,25,33-35H,2,10,12-13H2,1H3,(H,28,31)(H2,27,29,30)/t19-,21-,22-,25-/m1/s1. The highest BCUT2D eigenvalue weighted by atomic mass is 16.6. The van der Waals surface area contributed by atoms with Crippen LogP contribution in [0.15, 0.2) is 54.9 Å². The van der Waals surface area contributed by atoms with Crippen LogP contribution in [-0.2, 0) is 11.3 Å². The zero-order chi connectivity index (χ0) is 25.9. The molecule has 11 heteroatoms. The van der Waals surface area contributed by atoms with Crippen molar-refractivity contribution in [1.29, 1.82) is 0 Å². The molecule has 0 radical (unpaired) electrons. The van der Waals surface area contributed by atoms with Gasteiger partial charge in [-0.3, -0.25) is 4.57 Å². The van der Waals surface area contributed by atoms with Crippen LogP contribution in [0.3, 0.4) is 0 Å². The smallest absolute Gasteiger partial charge is 0.207 e. The van der Waals surface area contributed by atoms with Gasteiger partial charge in [0.1, 0.15) is 30.4 Å². The summed E-state index contributed by atoms with van der Waals surface area (Å²) in [4.78, 5) is 12.8. The molecule has 4 atom stereocenters. The second kappa shape index (κ2) is 10.7. The number of rotatable bonds is 9. The molecule has 2 aromatic carbocycles. The summed E-state index contributed by atoms with van der Waals surface area (Å²) >= 11 is 0. The number of nitrogen functional groups attached to an aromatic ring is 1. The molecular formula is C26H30N6O5. The molecule has 37 heavy (non-hydrogen) atoms. The predicted octanol–water partition coefficient (Wildman–Crippen LogP) is 2.09. The van der Waals surface area contributed by atoms with E-state index in [4.69, 9.17) is 15.2 Å². The Morgan fingerprint density at radius 1 is 1.08 bits per heavy atom. The molecule has 0 unspecified atom stereocenters. The van der Waals surface area contributed by atoms with E-state index in [1.54, 1.807) is 0 Å². The molecule has 1 saturated heterocycles. The van der Waals surface area contributed by atoms with Gasteiger partial charge in [0, 0.05) is 6.54 Å². The fourth-order valence-corrected chi connectivity index (χ4v) is 4.37. The molecule has 1 aliphatic rings. The van der Waals surface area contributed by atoms with Gasteiger partial charge in [0.05, 0.1) is 13.2 Å². The van der Waals surface area contributed by atoms with E-state index >= 15 is 0 Å². The maximum Gasteiger partial charge on any atom is 0.207 e. The van der Waals surface area contributed by atoms with Crippen molar-refractivity contribution in [3.63, 3.8) is 0 Å². The number of anilines is 2. The Bertz CT molecular complexity index is 1360. The number of benzene rings is 2. The topological polar surface area (TPSA) is 161 Å². The molecule has 11 nitrogen and oxygen atoms in total. The van der Waals surface area contributed by atoms with Crippen LogP contribution in [0.5, 0.6) is 5.75 Å². The van der Waals surface area contributed by atoms with Crippen LogP contribution in [0.1, 0.15) is 25.1 Å². The molecule has 0 amide bonds. The molecular weight excluding hydrogens is 476 g/mol. The van der Waals surface area contributed by atoms with Crippen LogP contribution >= 0.6 is 0 Å². The fourth-order valence-electron chi connectivity index (χ4n) is 4.37. The van der Waals surface area contributed by atoms with Crippen LogP contribution < -0.4 is 15.8 Å². The maximum absolute atomic E-state index is 10.6. The number of fused-ring (bicyclic) bond motifs is 1. The number of nitrogens with two attached hydrogens (primary N) is 1. The number of hydrogen-bond acceptors (Lipinski definition) is 10. The Hall–Kier alpha value is -3.77. The van der Waals surface area contributed by atoms with Gasteiger partial charge in [0.25, 0.3) is 0 Å². The van der Waals surface area contributed by atoms with Gasteiger partial charge in [-0.1, -0.05) is 43.3 Å². The van der Waals surface area contributed by atoms with Crippen molar-refractivity contribution in [2.45, 2.75) is 44.4 Å². The van der Waals surface area contributed by atoms with E-state index < -0.39 is 31.1 Å². The molecule has 6 N–H and O–H groups in total. The van der Waals surface area contributed by atoms with Gasteiger partial charge in [0.15, 0.2) is 23.2 Å². The molecule has 2 aromatic heterocycles. The van der Waals surface area contributed by atoms with E-state index in [-0.39, 0.29) is 5.82 Å². The van der Waals surface area contributed by atoms with Gasteiger partial charge in [-0.25, -0.2) is 15.0 Å². The maximum atomic E-state index is 10.6. The average molecular weight is 507 g/mol. The number of nitrogens with zero attached hydrogens (tertiary/aromatic N) is 4. The highest BCUT2D eigenvalue weighted by Gasteiger charge is 2.45. The Morgan fingerprint density at radius 3 is 2.62 bits per heavy atom. The predicted molar refractivity (Wildman–Crippen MR) is 138 cm³/mol. The third kappa shape index (κ3) is 4.94. The van der Waals surface area contributed by atoms with Crippen LogP contribution in [-0.4, -0.2) is 66.4 Å². The first kappa shape index (κ1) is 24.9. The zero-order valence-electron chi connectivity index (χ0n) is 20.4. The first-order valence-corrected chi connectivity index (χ1v) is 12.2. The van der Waals surface area contributed by atoms with Crippen LogP contribution in [0.4, 0.5) is 11.8 Å². The number of nitrogens with one attached hydrogen (secondary N) is 1. The monoisotopic (exact) mass is 506 g/mol. The van der Waals surface area contributed by atoms with Gasteiger partial charge in [0.2, 0.25) is 5.95 Å². The number of imidazole rings is 1. The van der Waals surface area contributed by atoms with Crippen molar-refractivity contribution < 1.29 is 24.8 Å². The summed E-state index contributed by atoms with van der Waals surface area (Å²) in [5.74, 6) is 1.35. The van der Waals surface area contributed by atoms with E-state index in [2.05, 4.69) is 27.2 Å². The van der Waals surface area contributed by atoms with Gasteiger partial charge < -0.3 is 35.8 Å². The molecule has 194 valence electrons. The van der Waals surface area contributed by atoms with E-state index in [0.29, 0.717) is 30.3 Å². The third-order valence-corrected chi connectivity index (χ3v) is 6.32. The van der Waals surface area contributed by atoms with Crippen molar-refractivity contribution in [1.82, 2.24) is 19.5 Å². The summed E-state index contributed by atoms with van der Waals surface area (Å²) in [5.41, 5.74) is 9.80. The zero-order valence-corrected chi connectivity index (χ0v) is 20.4. The van der Waals surface area contributed by atoms with Crippen molar-refractivity contribution in [3.05, 3.63) is 60.4 Å². The molecule has 0 saturated carbocycles. The Balaban J connectivity index is 1.38. The Labute approximate surface area is 213 Å². The lowest BCUT2D eigenvalue weighted by Crippen LogP contribution is -2.33. The first-order chi connectivity index (χ1) is 18.0. The van der Waals surface area contributed by atoms with Gasteiger partial charge in [-0.15, -0.1) is 0 Å². The SMILES string of the molecule is CCCOc1cccc(-c2ccc(CNc3nc4c(N)ncnc4n3[C@@H]3O[C@H](CO)[C@@H](O)[C@H]3O)cc2)c1. The van der Waals surface area contributed by atoms with E-state index in [9.17, 15) is 15.3 Å². The number of ether oxygens (including phenoxy) is 2. The second-order valence-electron chi connectivity index (χ2n) is 8.89. The minimum absolute atomic E-state index is 0.174. The highest BCUT2D eigenvalue weighted by Crippen LogP contribution is 2.35. The van der Waals surface area contributed by atoms with E-state index in [1.807, 2.05) is 48.5 Å². The number of hydrogen-bond donors (Lipinski definition) is 5. The molecule has 0 spiro atoms. The van der Waals surface area contributed by atoms with Crippen molar-refractivity contribution in [2.75, 3.05) is 24.3 Å². The average Bonchev–Trinajstić information content (AvgIpc) is 3.43. The lowest BCUT2D eigenvalue weighted by atomic mass is 10.0. The van der Waals surface area contributed by atoms with Gasteiger partial charge in [-0.05, 0) is 35.2 Å². The van der Waals surface area contributed by atoms with Crippen LogP contribution in [0, 0.1) is 0 Å². The van der Waals surface area contributed by atoms with E-state index in [0.717, 1.165) is 28.9 Å². The van der Waals surface area contributed by atoms with Gasteiger partial charge in [-0.2, -0.15) is 0 Å². The van der Waals surface area contributed by atoms with Crippen molar-refractivity contribution in [3.8, 4) is 16.9 Å². The number of aliphatic hydroxyl groups excluding tert-OH is 3. The van der Waals surface area contributed by atoms with Crippen LogP contribution in [0.2, 0.25) is 0 Å². The molecule has 3 heterocycles. The van der Waals surface area contributed by atoms with Crippen molar-refractivity contribution >= 4 is 22.9 Å². The van der Waals surface area contributed by atoms with E-state index in [1.165, 1.54) is 10.9 Å². The van der Waals surface area contributed by atoms with Gasteiger partial charge >= 0.3 is 0 Å². The third-order valence-electron chi connectivity index (χ3n) is 6.32. The Kier molecular flexibility index (Phi) is 7.19. The van der Waals surface area contributed by atoms with Crippen molar-refractivity contribution in [2.24, 2.45) is 0 Å². The fraction of sp³-hybridized carbons (Fsp3) is 0.346. The summed E-state index contributed by atoms with van der Waals surface area (Å²) in [5, 5.41) is 33.7. The van der Waals surface area contributed by atoms with Crippen LogP contribution in [0.25, 0.3) is 22.3 Å². The molecule has 5 rings (SSSR count). The largest absolute Gasteiger partial charge is 0.494 e. The molecule has 0 aliphatic carbocycles. The second-order valence-corrected chi connectivity index (χ2v) is 8.89. The minimum atomic E-state index is -1.30. The summed E-state index contributed by atoms with van der Waals surface area (Å²) < 4.78 is 13.0. The molecule has 4 aromatic rings. The summed E-state index contributed by atoms with van der Waals surface area (Å²) in [7, 11) is 0. The lowest BCUT2D eigenvalue weighted by Gasteiger charge is -2.19. The molecule has 0 bridgehead atoms. The summed E-state index contributed by atoms with van der Waals surface area (Å²) in [6.45, 7) is 2.72. The first-order valence-electron chi connectivity index (χ1n) is 12.2.